The first kappa shape index (κ1) is 12.0. The van der Waals surface area contributed by atoms with Crippen molar-refractivity contribution in [1.29, 1.82) is 0 Å². The van der Waals surface area contributed by atoms with E-state index in [9.17, 15) is 9.59 Å². The van der Waals surface area contributed by atoms with Gasteiger partial charge in [-0.05, 0) is 26.3 Å². The molecule has 1 fully saturated rings. The average molecular weight is 214 g/mol. The number of carbonyl (C=O) groups excluding carboxylic acids is 1. The fourth-order valence-electron chi connectivity index (χ4n) is 1.62. The van der Waals surface area contributed by atoms with Gasteiger partial charge in [0, 0.05) is 6.54 Å². The van der Waals surface area contributed by atoms with E-state index in [2.05, 4.69) is 10.6 Å². The third-order valence-electron chi connectivity index (χ3n) is 2.86. The lowest BCUT2D eigenvalue weighted by molar-refractivity contribution is -0.141. The second-order valence-corrected chi connectivity index (χ2v) is 4.31. The van der Waals surface area contributed by atoms with Crippen LogP contribution < -0.4 is 10.6 Å². The van der Waals surface area contributed by atoms with Crippen molar-refractivity contribution < 1.29 is 14.7 Å². The second kappa shape index (κ2) is 4.61. The number of aliphatic carboxylic acids is 1. The Morgan fingerprint density at radius 2 is 2.27 bits per heavy atom. The van der Waals surface area contributed by atoms with E-state index in [1.54, 1.807) is 6.92 Å². The van der Waals surface area contributed by atoms with Gasteiger partial charge in [0.25, 0.3) is 0 Å². The summed E-state index contributed by atoms with van der Waals surface area (Å²) in [6.07, 6.45) is 1.79. The van der Waals surface area contributed by atoms with Crippen molar-refractivity contribution >= 4 is 11.9 Å². The monoisotopic (exact) mass is 214 g/mol. The van der Waals surface area contributed by atoms with Crippen LogP contribution >= 0.6 is 0 Å². The molecule has 0 aromatic rings. The molecule has 0 radical (unpaired) electrons. The van der Waals surface area contributed by atoms with Crippen LogP contribution in [0.3, 0.4) is 0 Å². The van der Waals surface area contributed by atoms with E-state index in [-0.39, 0.29) is 12.5 Å². The Morgan fingerprint density at radius 1 is 1.60 bits per heavy atom. The summed E-state index contributed by atoms with van der Waals surface area (Å²) in [5.41, 5.74) is -0.516. The first-order valence-corrected chi connectivity index (χ1v) is 5.22. The van der Waals surface area contributed by atoms with Crippen molar-refractivity contribution in [3.63, 3.8) is 0 Å². The van der Waals surface area contributed by atoms with Crippen molar-refractivity contribution in [3.05, 3.63) is 0 Å². The largest absolute Gasteiger partial charge is 0.481 e. The summed E-state index contributed by atoms with van der Waals surface area (Å²) in [7, 11) is 0. The summed E-state index contributed by atoms with van der Waals surface area (Å²) < 4.78 is 0. The first-order valence-electron chi connectivity index (χ1n) is 5.22. The van der Waals surface area contributed by atoms with E-state index in [0.717, 1.165) is 19.4 Å². The number of hydrogen-bond donors (Lipinski definition) is 3. The highest BCUT2D eigenvalue weighted by molar-refractivity contribution is 5.86. The molecule has 0 aromatic carbocycles. The number of rotatable bonds is 4. The molecule has 1 heterocycles. The zero-order valence-electron chi connectivity index (χ0n) is 9.17. The van der Waals surface area contributed by atoms with Gasteiger partial charge in [0.1, 0.15) is 0 Å². The number of carboxylic acid groups (broad SMARTS) is 1. The van der Waals surface area contributed by atoms with Gasteiger partial charge in [0.2, 0.25) is 5.91 Å². The Hall–Kier alpha value is -1.10. The van der Waals surface area contributed by atoms with E-state index < -0.39 is 17.4 Å². The Labute approximate surface area is 89.2 Å². The summed E-state index contributed by atoms with van der Waals surface area (Å²) in [6.45, 7) is 4.46. The molecule has 5 nitrogen and oxygen atoms in total. The predicted octanol–water partition coefficient (Wildman–Crippen LogP) is -0.0346. The predicted molar refractivity (Wildman–Crippen MR) is 55.5 cm³/mol. The zero-order valence-corrected chi connectivity index (χ0v) is 9.17. The molecule has 15 heavy (non-hydrogen) atoms. The van der Waals surface area contributed by atoms with E-state index in [1.807, 2.05) is 6.92 Å². The zero-order chi connectivity index (χ0) is 11.5. The summed E-state index contributed by atoms with van der Waals surface area (Å²) in [5.74, 6) is -1.54. The summed E-state index contributed by atoms with van der Waals surface area (Å²) in [6, 6.07) is 0. The molecule has 0 aliphatic carbocycles. The van der Waals surface area contributed by atoms with Crippen LogP contribution in [0.2, 0.25) is 0 Å². The smallest absolute Gasteiger partial charge is 0.308 e. The molecule has 1 aliphatic rings. The highest BCUT2D eigenvalue weighted by Gasteiger charge is 2.35. The maximum atomic E-state index is 11.7. The van der Waals surface area contributed by atoms with Crippen molar-refractivity contribution in [1.82, 2.24) is 10.6 Å². The Bertz CT molecular complexity index is 259. The van der Waals surface area contributed by atoms with Gasteiger partial charge in [0.05, 0.1) is 11.5 Å². The van der Waals surface area contributed by atoms with Gasteiger partial charge in [-0.25, -0.2) is 0 Å². The van der Waals surface area contributed by atoms with Crippen LogP contribution in [0.1, 0.15) is 26.7 Å². The van der Waals surface area contributed by atoms with Crippen molar-refractivity contribution in [2.75, 3.05) is 13.1 Å². The molecule has 1 amide bonds. The third-order valence-corrected chi connectivity index (χ3v) is 2.86. The van der Waals surface area contributed by atoms with Crippen LogP contribution in [-0.2, 0) is 9.59 Å². The average Bonchev–Trinajstić information content (AvgIpc) is 2.62. The van der Waals surface area contributed by atoms with Crippen molar-refractivity contribution in [2.24, 2.45) is 5.92 Å². The van der Waals surface area contributed by atoms with Gasteiger partial charge in [-0.1, -0.05) is 6.92 Å². The molecule has 1 aliphatic heterocycles. The Morgan fingerprint density at radius 3 is 2.73 bits per heavy atom. The van der Waals surface area contributed by atoms with Crippen LogP contribution in [0, 0.1) is 5.92 Å². The third kappa shape index (κ3) is 2.92. The molecule has 0 saturated carbocycles. The quantitative estimate of drug-likeness (QED) is 0.614. The Balaban J connectivity index is 2.39. The highest BCUT2D eigenvalue weighted by atomic mass is 16.4. The minimum atomic E-state index is -0.889. The summed E-state index contributed by atoms with van der Waals surface area (Å²) in [4.78, 5) is 22.3. The number of nitrogens with one attached hydrogen (secondary N) is 2. The number of hydrogen-bond acceptors (Lipinski definition) is 3. The molecule has 2 atom stereocenters. The van der Waals surface area contributed by atoms with Gasteiger partial charge in [-0.15, -0.1) is 0 Å². The van der Waals surface area contributed by atoms with Gasteiger partial charge in [-0.2, -0.15) is 0 Å². The number of amides is 1. The minimum absolute atomic E-state index is 0.104. The maximum Gasteiger partial charge on any atom is 0.308 e. The lowest BCUT2D eigenvalue weighted by Crippen LogP contribution is -2.52. The SMILES string of the molecule is CC(CNC(=O)C1(C)CCCN1)C(=O)O. The maximum absolute atomic E-state index is 11.7. The lowest BCUT2D eigenvalue weighted by Gasteiger charge is -2.23. The van der Waals surface area contributed by atoms with Crippen molar-refractivity contribution in [3.8, 4) is 0 Å². The number of carboxylic acids is 1. The normalized spacial score (nSPS) is 27.3. The second-order valence-electron chi connectivity index (χ2n) is 4.31. The molecule has 0 aromatic heterocycles. The molecule has 3 N–H and O–H groups in total. The standard InChI is InChI=1S/C10H18N2O3/c1-7(8(13)14)6-11-9(15)10(2)4-3-5-12-10/h7,12H,3-6H2,1-2H3,(H,11,15)(H,13,14). The summed E-state index contributed by atoms with van der Waals surface area (Å²) in [5, 5.41) is 14.4. The van der Waals surface area contributed by atoms with Gasteiger partial charge < -0.3 is 15.7 Å². The highest BCUT2D eigenvalue weighted by Crippen LogP contribution is 2.18. The van der Waals surface area contributed by atoms with Crippen LogP contribution in [-0.4, -0.2) is 35.6 Å². The van der Waals surface area contributed by atoms with Crippen LogP contribution in [0.15, 0.2) is 0 Å². The van der Waals surface area contributed by atoms with Crippen LogP contribution in [0.5, 0.6) is 0 Å². The van der Waals surface area contributed by atoms with Crippen LogP contribution in [0.4, 0.5) is 0 Å². The van der Waals surface area contributed by atoms with E-state index in [4.69, 9.17) is 5.11 Å². The fourth-order valence-corrected chi connectivity index (χ4v) is 1.62. The van der Waals surface area contributed by atoms with Gasteiger partial charge >= 0.3 is 5.97 Å². The van der Waals surface area contributed by atoms with E-state index in [0.29, 0.717) is 0 Å². The molecule has 2 unspecified atom stereocenters. The lowest BCUT2D eigenvalue weighted by atomic mass is 9.99. The molecule has 1 rings (SSSR count). The van der Waals surface area contributed by atoms with E-state index >= 15 is 0 Å². The Kier molecular flexibility index (Phi) is 3.68. The molecule has 86 valence electrons. The molecular weight excluding hydrogens is 196 g/mol. The van der Waals surface area contributed by atoms with Gasteiger partial charge in [-0.3, -0.25) is 9.59 Å². The summed E-state index contributed by atoms with van der Waals surface area (Å²) >= 11 is 0. The van der Waals surface area contributed by atoms with Gasteiger partial charge in [0.15, 0.2) is 0 Å². The van der Waals surface area contributed by atoms with Crippen LogP contribution in [0.25, 0.3) is 0 Å². The minimum Gasteiger partial charge on any atom is -0.481 e. The van der Waals surface area contributed by atoms with Crippen molar-refractivity contribution in [2.45, 2.75) is 32.2 Å². The first-order chi connectivity index (χ1) is 6.96. The topological polar surface area (TPSA) is 78.4 Å². The molecule has 0 spiro atoms. The molecule has 1 saturated heterocycles. The number of carbonyl (C=O) groups is 2. The van der Waals surface area contributed by atoms with E-state index in [1.165, 1.54) is 0 Å². The molecule has 0 bridgehead atoms. The molecular formula is C10H18N2O3. The molecule has 5 heteroatoms. The fraction of sp³-hybridized carbons (Fsp3) is 0.800.